The molecule has 0 aliphatic heterocycles. The Morgan fingerprint density at radius 1 is 1.59 bits per heavy atom. The molecule has 1 fully saturated rings. The van der Waals surface area contributed by atoms with Gasteiger partial charge in [0, 0.05) is 18.8 Å². The maximum absolute atomic E-state index is 11.7. The number of carbonyl (C=O) groups is 1. The van der Waals surface area contributed by atoms with Gasteiger partial charge in [-0.3, -0.25) is 4.79 Å². The smallest absolute Gasteiger partial charge is 0.260 e. The van der Waals surface area contributed by atoms with Crippen molar-refractivity contribution < 1.29 is 9.53 Å². The maximum atomic E-state index is 11.7. The van der Waals surface area contributed by atoms with Crippen LogP contribution in [-0.4, -0.2) is 30.5 Å². The van der Waals surface area contributed by atoms with E-state index in [0.717, 1.165) is 12.8 Å². The van der Waals surface area contributed by atoms with Crippen LogP contribution < -0.4 is 10.5 Å². The Morgan fingerprint density at radius 2 is 2.29 bits per heavy atom. The minimum Gasteiger partial charge on any atom is -0.482 e. The third-order valence-corrected chi connectivity index (χ3v) is 3.09. The van der Waals surface area contributed by atoms with Gasteiger partial charge in [0.2, 0.25) is 0 Å². The van der Waals surface area contributed by atoms with Gasteiger partial charge in [0.05, 0.1) is 5.02 Å². The summed E-state index contributed by atoms with van der Waals surface area (Å²) in [4.78, 5) is 13.4. The van der Waals surface area contributed by atoms with E-state index in [2.05, 4.69) is 0 Å². The number of nitrogens with zero attached hydrogens (tertiary/aromatic N) is 1. The molecule has 17 heavy (non-hydrogen) atoms. The number of amides is 1. The van der Waals surface area contributed by atoms with Gasteiger partial charge in [-0.1, -0.05) is 11.6 Å². The van der Waals surface area contributed by atoms with E-state index >= 15 is 0 Å². The lowest BCUT2D eigenvalue weighted by Crippen LogP contribution is -2.33. The molecule has 1 aliphatic carbocycles. The second kappa shape index (κ2) is 4.84. The fourth-order valence-corrected chi connectivity index (χ4v) is 1.78. The molecule has 0 unspecified atom stereocenters. The van der Waals surface area contributed by atoms with E-state index in [1.54, 1.807) is 30.1 Å². The van der Waals surface area contributed by atoms with Gasteiger partial charge in [0.15, 0.2) is 6.61 Å². The van der Waals surface area contributed by atoms with Crippen molar-refractivity contribution >= 4 is 23.2 Å². The van der Waals surface area contributed by atoms with E-state index in [9.17, 15) is 4.79 Å². The number of benzene rings is 1. The van der Waals surface area contributed by atoms with Crippen LogP contribution in [0.1, 0.15) is 12.8 Å². The summed E-state index contributed by atoms with van der Waals surface area (Å²) in [6, 6.07) is 5.36. The van der Waals surface area contributed by atoms with Gasteiger partial charge in [-0.25, -0.2) is 0 Å². The molecule has 1 aromatic rings. The zero-order valence-electron chi connectivity index (χ0n) is 9.65. The molecular weight excluding hydrogens is 240 g/mol. The fraction of sp³-hybridized carbons (Fsp3) is 0.417. The van der Waals surface area contributed by atoms with Crippen LogP contribution in [0.25, 0.3) is 0 Å². The highest BCUT2D eigenvalue weighted by atomic mass is 35.5. The number of hydrogen-bond acceptors (Lipinski definition) is 3. The first-order chi connectivity index (χ1) is 8.08. The standard InChI is InChI=1S/C12H15ClN2O2/c1-15(9-3-4-9)12(16)7-17-11-5-2-8(14)6-10(11)13/h2,5-6,9H,3-4,7,14H2,1H3. The first-order valence-electron chi connectivity index (χ1n) is 5.51. The number of nitrogens with two attached hydrogens (primary N) is 1. The molecular formula is C12H15ClN2O2. The molecule has 0 bridgehead atoms. The number of halogens is 1. The highest BCUT2D eigenvalue weighted by Crippen LogP contribution is 2.27. The highest BCUT2D eigenvalue weighted by molar-refractivity contribution is 6.32. The normalized spacial score (nSPS) is 14.5. The van der Waals surface area contributed by atoms with Crippen molar-refractivity contribution in [3.05, 3.63) is 23.2 Å². The molecule has 4 nitrogen and oxygen atoms in total. The van der Waals surface area contributed by atoms with Gasteiger partial charge in [-0.05, 0) is 31.0 Å². The summed E-state index contributed by atoms with van der Waals surface area (Å²) >= 11 is 5.94. The van der Waals surface area contributed by atoms with Gasteiger partial charge >= 0.3 is 0 Å². The van der Waals surface area contributed by atoms with E-state index in [1.165, 1.54) is 0 Å². The van der Waals surface area contributed by atoms with Crippen molar-refractivity contribution in [3.63, 3.8) is 0 Å². The third-order valence-electron chi connectivity index (χ3n) is 2.80. The topological polar surface area (TPSA) is 55.6 Å². The van der Waals surface area contributed by atoms with Crippen LogP contribution in [0, 0.1) is 0 Å². The quantitative estimate of drug-likeness (QED) is 0.836. The summed E-state index contributed by atoms with van der Waals surface area (Å²) in [6.45, 7) is 0.0106. The average Bonchev–Trinajstić information content (AvgIpc) is 3.10. The predicted octanol–water partition coefficient (Wildman–Crippen LogP) is 1.92. The lowest BCUT2D eigenvalue weighted by atomic mass is 10.3. The van der Waals surface area contributed by atoms with Crippen molar-refractivity contribution in [2.24, 2.45) is 0 Å². The summed E-state index contributed by atoms with van der Waals surface area (Å²) in [6.07, 6.45) is 2.18. The van der Waals surface area contributed by atoms with Crippen LogP contribution in [0.3, 0.4) is 0 Å². The number of ether oxygens (including phenoxy) is 1. The molecule has 0 atom stereocenters. The Bertz CT molecular complexity index is 433. The molecule has 1 saturated carbocycles. The highest BCUT2D eigenvalue weighted by Gasteiger charge is 2.29. The Labute approximate surface area is 105 Å². The van der Waals surface area contributed by atoms with Gasteiger partial charge in [0.25, 0.3) is 5.91 Å². The Morgan fingerprint density at radius 3 is 2.88 bits per heavy atom. The third kappa shape index (κ3) is 3.03. The Kier molecular flexibility index (Phi) is 3.43. The summed E-state index contributed by atoms with van der Waals surface area (Å²) in [7, 11) is 1.80. The van der Waals surface area contributed by atoms with Gasteiger partial charge in [-0.15, -0.1) is 0 Å². The second-order valence-corrected chi connectivity index (χ2v) is 4.62. The van der Waals surface area contributed by atoms with Crippen LogP contribution >= 0.6 is 11.6 Å². The summed E-state index contributed by atoms with van der Waals surface area (Å²) in [5.41, 5.74) is 6.14. The average molecular weight is 255 g/mol. The summed E-state index contributed by atoms with van der Waals surface area (Å²) in [5, 5.41) is 0.423. The number of anilines is 1. The Balaban J connectivity index is 1.90. The fourth-order valence-electron chi connectivity index (χ4n) is 1.54. The predicted molar refractivity (Wildman–Crippen MR) is 67.2 cm³/mol. The molecule has 0 saturated heterocycles. The largest absolute Gasteiger partial charge is 0.482 e. The molecule has 1 aromatic carbocycles. The lowest BCUT2D eigenvalue weighted by molar-refractivity contribution is -0.132. The maximum Gasteiger partial charge on any atom is 0.260 e. The number of carbonyl (C=O) groups excluding carboxylic acids is 1. The first-order valence-corrected chi connectivity index (χ1v) is 5.89. The van der Waals surface area contributed by atoms with Crippen molar-refractivity contribution in [3.8, 4) is 5.75 Å². The van der Waals surface area contributed by atoms with Gasteiger partial charge in [0.1, 0.15) is 5.75 Å². The lowest BCUT2D eigenvalue weighted by Gasteiger charge is -2.16. The molecule has 5 heteroatoms. The van der Waals surface area contributed by atoms with E-state index in [0.29, 0.717) is 22.5 Å². The summed E-state index contributed by atoms with van der Waals surface area (Å²) < 4.78 is 5.37. The van der Waals surface area contributed by atoms with Crippen LogP contribution in [0.15, 0.2) is 18.2 Å². The van der Waals surface area contributed by atoms with E-state index in [4.69, 9.17) is 22.1 Å². The van der Waals surface area contributed by atoms with Crippen molar-refractivity contribution in [2.45, 2.75) is 18.9 Å². The molecule has 0 spiro atoms. The van der Waals surface area contributed by atoms with Crippen LogP contribution in [-0.2, 0) is 4.79 Å². The minimum absolute atomic E-state index is 0.0106. The first kappa shape index (κ1) is 12.0. The molecule has 0 radical (unpaired) electrons. The molecule has 92 valence electrons. The minimum atomic E-state index is -0.0274. The van der Waals surface area contributed by atoms with Crippen molar-refractivity contribution in [1.82, 2.24) is 4.90 Å². The van der Waals surface area contributed by atoms with Crippen LogP contribution in [0.4, 0.5) is 5.69 Å². The van der Waals surface area contributed by atoms with Crippen molar-refractivity contribution in [1.29, 1.82) is 0 Å². The summed E-state index contributed by atoms with van der Waals surface area (Å²) in [5.74, 6) is 0.457. The number of hydrogen-bond donors (Lipinski definition) is 1. The van der Waals surface area contributed by atoms with Gasteiger partial charge in [-0.2, -0.15) is 0 Å². The Hall–Kier alpha value is -1.42. The van der Waals surface area contributed by atoms with E-state index < -0.39 is 0 Å². The zero-order chi connectivity index (χ0) is 12.4. The monoisotopic (exact) mass is 254 g/mol. The van der Waals surface area contributed by atoms with E-state index in [1.807, 2.05) is 0 Å². The van der Waals surface area contributed by atoms with Crippen LogP contribution in [0.5, 0.6) is 5.75 Å². The molecule has 2 rings (SSSR count). The SMILES string of the molecule is CN(C(=O)COc1ccc(N)cc1Cl)C1CC1. The van der Waals surface area contributed by atoms with Crippen LogP contribution in [0.2, 0.25) is 5.02 Å². The zero-order valence-corrected chi connectivity index (χ0v) is 10.4. The molecule has 1 amide bonds. The molecule has 2 N–H and O–H groups in total. The second-order valence-electron chi connectivity index (χ2n) is 4.21. The van der Waals surface area contributed by atoms with E-state index in [-0.39, 0.29) is 12.5 Å². The van der Waals surface area contributed by atoms with Gasteiger partial charge < -0.3 is 15.4 Å². The number of rotatable bonds is 4. The molecule has 1 aliphatic rings. The molecule has 0 aromatic heterocycles. The number of nitrogen functional groups attached to an aromatic ring is 1. The number of likely N-dealkylation sites (N-methyl/N-ethyl adjacent to an activating group) is 1. The molecule has 0 heterocycles. The van der Waals surface area contributed by atoms with Crippen molar-refractivity contribution in [2.75, 3.05) is 19.4 Å².